The van der Waals surface area contributed by atoms with Crippen LogP contribution >= 0.6 is 11.8 Å². The maximum atomic E-state index is 14.0. The lowest BCUT2D eigenvalue weighted by Crippen LogP contribution is -2.15. The van der Waals surface area contributed by atoms with Crippen LogP contribution in [0.3, 0.4) is 0 Å². The lowest BCUT2D eigenvalue weighted by Gasteiger charge is -2.10. The maximum absolute atomic E-state index is 14.0. The Labute approximate surface area is 127 Å². The SMILES string of the molecule is CCCNCc1c(F)cccc1Sc1nc(N)cc(N)n1. The van der Waals surface area contributed by atoms with E-state index < -0.39 is 0 Å². The minimum Gasteiger partial charge on any atom is -0.383 e. The van der Waals surface area contributed by atoms with E-state index in [0.717, 1.165) is 17.9 Å². The molecule has 0 unspecified atom stereocenters. The Morgan fingerprint density at radius 3 is 2.62 bits per heavy atom. The molecule has 0 aliphatic carbocycles. The molecule has 2 aromatic rings. The minimum atomic E-state index is -0.250. The molecule has 0 saturated heterocycles. The summed E-state index contributed by atoms with van der Waals surface area (Å²) in [5.41, 5.74) is 11.9. The summed E-state index contributed by atoms with van der Waals surface area (Å²) in [7, 11) is 0. The number of halogens is 1. The van der Waals surface area contributed by atoms with Crippen molar-refractivity contribution in [2.75, 3.05) is 18.0 Å². The Morgan fingerprint density at radius 2 is 1.95 bits per heavy atom. The number of nitrogens with two attached hydrogens (primary N) is 2. The highest BCUT2D eigenvalue weighted by Crippen LogP contribution is 2.30. The van der Waals surface area contributed by atoms with Crippen LogP contribution in [0.2, 0.25) is 0 Å². The smallest absolute Gasteiger partial charge is 0.196 e. The third-order valence-electron chi connectivity index (χ3n) is 2.75. The zero-order valence-corrected chi connectivity index (χ0v) is 12.6. The fourth-order valence-electron chi connectivity index (χ4n) is 1.80. The van der Waals surface area contributed by atoms with Gasteiger partial charge in [0.25, 0.3) is 0 Å². The van der Waals surface area contributed by atoms with Crippen molar-refractivity contribution >= 4 is 23.4 Å². The highest BCUT2D eigenvalue weighted by Gasteiger charge is 2.11. The van der Waals surface area contributed by atoms with Crippen molar-refractivity contribution in [3.05, 3.63) is 35.6 Å². The number of aromatic nitrogens is 2. The molecule has 2 rings (SSSR count). The van der Waals surface area contributed by atoms with Gasteiger partial charge in [-0.1, -0.05) is 13.0 Å². The van der Waals surface area contributed by atoms with E-state index >= 15 is 0 Å². The van der Waals surface area contributed by atoms with Crippen LogP contribution in [0.5, 0.6) is 0 Å². The molecular weight excluding hydrogens is 289 g/mol. The Morgan fingerprint density at radius 1 is 1.24 bits per heavy atom. The predicted molar refractivity (Wildman–Crippen MR) is 83.4 cm³/mol. The molecule has 1 aromatic heterocycles. The van der Waals surface area contributed by atoms with Gasteiger partial charge in [0.05, 0.1) is 0 Å². The van der Waals surface area contributed by atoms with E-state index in [4.69, 9.17) is 11.5 Å². The molecule has 1 heterocycles. The van der Waals surface area contributed by atoms with E-state index in [1.54, 1.807) is 6.07 Å². The van der Waals surface area contributed by atoms with Crippen molar-refractivity contribution in [2.45, 2.75) is 29.9 Å². The summed E-state index contributed by atoms with van der Waals surface area (Å²) in [5.74, 6) is 0.347. The molecule has 1 aromatic carbocycles. The van der Waals surface area contributed by atoms with Gasteiger partial charge in [-0.05, 0) is 36.9 Å². The van der Waals surface area contributed by atoms with Gasteiger partial charge in [0.15, 0.2) is 5.16 Å². The maximum Gasteiger partial charge on any atom is 0.196 e. The van der Waals surface area contributed by atoms with Crippen molar-refractivity contribution in [3.63, 3.8) is 0 Å². The Kier molecular flexibility index (Phi) is 5.35. The molecule has 0 fully saturated rings. The first kappa shape index (κ1) is 15.5. The third kappa shape index (κ3) is 4.30. The second-order valence-electron chi connectivity index (χ2n) is 4.50. The molecule has 0 bridgehead atoms. The van der Waals surface area contributed by atoms with Gasteiger partial charge in [-0.3, -0.25) is 0 Å². The third-order valence-corrected chi connectivity index (χ3v) is 3.72. The van der Waals surface area contributed by atoms with Gasteiger partial charge in [-0.25, -0.2) is 14.4 Å². The Bertz CT molecular complexity index is 600. The Hall–Kier alpha value is -1.86. The van der Waals surface area contributed by atoms with E-state index in [0.29, 0.717) is 28.9 Å². The zero-order valence-electron chi connectivity index (χ0n) is 11.8. The summed E-state index contributed by atoms with van der Waals surface area (Å²) < 4.78 is 14.0. The molecule has 7 heteroatoms. The molecule has 0 radical (unpaired) electrons. The number of nitrogens with zero attached hydrogens (tertiary/aromatic N) is 2. The predicted octanol–water partition coefficient (Wildman–Crippen LogP) is 2.43. The summed E-state index contributed by atoms with van der Waals surface area (Å²) in [4.78, 5) is 8.96. The number of rotatable bonds is 6. The minimum absolute atomic E-state index is 0.250. The summed E-state index contributed by atoms with van der Waals surface area (Å²) in [6, 6.07) is 6.43. The topological polar surface area (TPSA) is 89.8 Å². The average molecular weight is 307 g/mol. The molecule has 0 aliphatic rings. The van der Waals surface area contributed by atoms with Crippen LogP contribution in [-0.2, 0) is 6.54 Å². The van der Waals surface area contributed by atoms with Gasteiger partial charge in [0.1, 0.15) is 17.5 Å². The number of hydrogen-bond donors (Lipinski definition) is 3. The second kappa shape index (κ2) is 7.24. The van der Waals surface area contributed by atoms with Crippen LogP contribution in [0.25, 0.3) is 0 Å². The first-order chi connectivity index (χ1) is 10.1. The average Bonchev–Trinajstić information content (AvgIpc) is 2.41. The van der Waals surface area contributed by atoms with E-state index in [2.05, 4.69) is 22.2 Å². The number of anilines is 2. The summed E-state index contributed by atoms with van der Waals surface area (Å²) >= 11 is 1.25. The van der Waals surface area contributed by atoms with E-state index in [9.17, 15) is 4.39 Å². The molecule has 0 saturated carbocycles. The van der Waals surface area contributed by atoms with Crippen molar-refractivity contribution in [2.24, 2.45) is 0 Å². The van der Waals surface area contributed by atoms with Gasteiger partial charge in [-0.2, -0.15) is 0 Å². The van der Waals surface area contributed by atoms with Crippen LogP contribution < -0.4 is 16.8 Å². The van der Waals surface area contributed by atoms with Crippen LogP contribution in [-0.4, -0.2) is 16.5 Å². The quantitative estimate of drug-likeness (QED) is 0.561. The molecule has 21 heavy (non-hydrogen) atoms. The molecule has 0 aliphatic heterocycles. The van der Waals surface area contributed by atoms with Crippen molar-refractivity contribution in [1.29, 1.82) is 0 Å². The molecular formula is C14H18FN5S. The summed E-state index contributed by atoms with van der Waals surface area (Å²) in [6.07, 6.45) is 0.992. The van der Waals surface area contributed by atoms with E-state index in [-0.39, 0.29) is 5.82 Å². The largest absolute Gasteiger partial charge is 0.383 e. The van der Waals surface area contributed by atoms with Crippen molar-refractivity contribution in [1.82, 2.24) is 15.3 Å². The normalized spacial score (nSPS) is 10.8. The second-order valence-corrected chi connectivity index (χ2v) is 5.50. The molecule has 5 nitrogen and oxygen atoms in total. The molecule has 5 N–H and O–H groups in total. The van der Waals surface area contributed by atoms with Crippen LogP contribution in [0.1, 0.15) is 18.9 Å². The molecule has 0 spiro atoms. The Balaban J connectivity index is 2.24. The van der Waals surface area contributed by atoms with Crippen LogP contribution in [0.15, 0.2) is 34.3 Å². The summed E-state index contributed by atoms with van der Waals surface area (Å²) in [5, 5.41) is 3.61. The lowest BCUT2D eigenvalue weighted by molar-refractivity contribution is 0.578. The van der Waals surface area contributed by atoms with E-state index in [1.165, 1.54) is 23.9 Å². The zero-order chi connectivity index (χ0) is 15.2. The lowest BCUT2D eigenvalue weighted by atomic mass is 10.2. The van der Waals surface area contributed by atoms with Crippen molar-refractivity contribution < 1.29 is 4.39 Å². The fourth-order valence-corrected chi connectivity index (χ4v) is 2.74. The van der Waals surface area contributed by atoms with Gasteiger partial charge in [-0.15, -0.1) is 0 Å². The fraction of sp³-hybridized carbons (Fsp3) is 0.286. The number of benzene rings is 1. The number of nitrogens with one attached hydrogen (secondary N) is 1. The van der Waals surface area contributed by atoms with Gasteiger partial charge in [0, 0.05) is 23.1 Å². The van der Waals surface area contributed by atoms with Gasteiger partial charge >= 0.3 is 0 Å². The van der Waals surface area contributed by atoms with Gasteiger partial charge in [0.2, 0.25) is 0 Å². The highest BCUT2D eigenvalue weighted by molar-refractivity contribution is 7.99. The standard InChI is InChI=1S/C14H18FN5S/c1-2-6-18-8-9-10(15)4-3-5-11(9)21-14-19-12(16)7-13(17)20-14/h3-5,7,18H,2,6,8H2,1H3,(H4,16,17,19,20). The first-order valence-corrected chi connectivity index (χ1v) is 7.47. The van der Waals surface area contributed by atoms with Crippen LogP contribution in [0.4, 0.5) is 16.0 Å². The first-order valence-electron chi connectivity index (χ1n) is 6.66. The van der Waals surface area contributed by atoms with E-state index in [1.807, 2.05) is 6.07 Å². The summed E-state index contributed by atoms with van der Waals surface area (Å²) in [6.45, 7) is 3.36. The van der Waals surface area contributed by atoms with Crippen LogP contribution in [0, 0.1) is 5.82 Å². The molecule has 0 amide bonds. The number of nitrogen functional groups attached to an aromatic ring is 2. The number of hydrogen-bond acceptors (Lipinski definition) is 6. The highest BCUT2D eigenvalue weighted by atomic mass is 32.2. The molecule has 112 valence electrons. The van der Waals surface area contributed by atoms with Gasteiger partial charge < -0.3 is 16.8 Å². The molecule has 0 atom stereocenters. The van der Waals surface area contributed by atoms with Crippen molar-refractivity contribution in [3.8, 4) is 0 Å². The monoisotopic (exact) mass is 307 g/mol.